The number of nitrogens with two attached hydrogens (primary N) is 1. The van der Waals surface area contributed by atoms with E-state index in [0.29, 0.717) is 18.5 Å². The summed E-state index contributed by atoms with van der Waals surface area (Å²) < 4.78 is 6.01. The number of nitrogens with zero attached hydrogens (tertiary/aromatic N) is 3. The predicted molar refractivity (Wildman–Crippen MR) is 113 cm³/mol. The average Bonchev–Trinajstić information content (AvgIpc) is 2.73. The third kappa shape index (κ3) is 4.58. The first-order chi connectivity index (χ1) is 13.7. The number of nitrogens with one attached hydrogen (secondary N) is 1. The van der Waals surface area contributed by atoms with Crippen molar-refractivity contribution in [3.8, 4) is 0 Å². The minimum Gasteiger partial charge on any atom is -0.383 e. The molecule has 1 aliphatic heterocycles. The minimum absolute atomic E-state index is 0.355. The van der Waals surface area contributed by atoms with Crippen LogP contribution < -0.4 is 11.1 Å². The summed E-state index contributed by atoms with van der Waals surface area (Å²) in [5.74, 6) is 0.569. The van der Waals surface area contributed by atoms with E-state index in [2.05, 4.69) is 45.4 Å². The number of likely N-dealkylation sites (tertiary alicyclic amines) is 1. The van der Waals surface area contributed by atoms with E-state index in [1.165, 1.54) is 5.56 Å². The van der Waals surface area contributed by atoms with Crippen molar-refractivity contribution in [2.24, 2.45) is 0 Å². The lowest BCUT2D eigenvalue weighted by molar-refractivity contribution is 0.000765. The maximum atomic E-state index is 6.01. The Morgan fingerprint density at radius 1 is 1.14 bits per heavy atom. The highest BCUT2D eigenvalue weighted by Gasteiger charge is 2.17. The van der Waals surface area contributed by atoms with Gasteiger partial charge in [0, 0.05) is 31.2 Å². The standard InChI is InChI=1S/C22H27N5O/c1-27-10-7-20(8-11-27)28-15-19-4-3-18(14-26-19)25-13-16-2-5-21-17(12-16)6-9-24-22(21)23/h2-6,9,12,14,20,25H,7-8,10-11,13,15H2,1H3,(H2,23,24). The lowest BCUT2D eigenvalue weighted by Gasteiger charge is -2.28. The zero-order valence-corrected chi connectivity index (χ0v) is 16.3. The van der Waals surface area contributed by atoms with Gasteiger partial charge in [-0.2, -0.15) is 0 Å². The molecular formula is C22H27N5O. The second kappa shape index (κ2) is 8.54. The van der Waals surface area contributed by atoms with Crippen LogP contribution >= 0.6 is 0 Å². The summed E-state index contributed by atoms with van der Waals surface area (Å²) >= 11 is 0. The van der Waals surface area contributed by atoms with Gasteiger partial charge in [0.15, 0.2) is 0 Å². The third-order valence-corrected chi connectivity index (χ3v) is 5.31. The summed E-state index contributed by atoms with van der Waals surface area (Å²) in [5.41, 5.74) is 9.07. The Morgan fingerprint density at radius 3 is 2.79 bits per heavy atom. The number of fused-ring (bicyclic) bond motifs is 1. The number of ether oxygens (including phenoxy) is 1. The summed E-state index contributed by atoms with van der Waals surface area (Å²) in [6, 6.07) is 12.3. The molecule has 2 aromatic heterocycles. The van der Waals surface area contributed by atoms with Crippen molar-refractivity contribution in [2.75, 3.05) is 31.2 Å². The fourth-order valence-corrected chi connectivity index (χ4v) is 3.53. The molecule has 0 amide bonds. The SMILES string of the molecule is CN1CCC(OCc2ccc(NCc3ccc4c(N)nccc4c3)cn2)CC1. The van der Waals surface area contributed by atoms with E-state index in [-0.39, 0.29) is 0 Å². The Labute approximate surface area is 165 Å². The van der Waals surface area contributed by atoms with E-state index < -0.39 is 0 Å². The molecule has 1 saturated heterocycles. The number of nitrogen functional groups attached to an aromatic ring is 1. The molecule has 0 unspecified atom stereocenters. The molecule has 1 aliphatic rings. The maximum absolute atomic E-state index is 6.01. The molecule has 6 nitrogen and oxygen atoms in total. The quantitative estimate of drug-likeness (QED) is 0.685. The molecule has 146 valence electrons. The second-order valence-corrected chi connectivity index (χ2v) is 7.46. The fourth-order valence-electron chi connectivity index (χ4n) is 3.53. The summed E-state index contributed by atoms with van der Waals surface area (Å²) in [7, 11) is 2.16. The lowest BCUT2D eigenvalue weighted by atomic mass is 10.1. The molecule has 1 aromatic carbocycles. The number of anilines is 2. The first kappa shape index (κ1) is 18.7. The number of hydrogen-bond acceptors (Lipinski definition) is 6. The van der Waals surface area contributed by atoms with Gasteiger partial charge in [-0.1, -0.05) is 12.1 Å². The number of rotatable bonds is 6. The molecule has 6 heteroatoms. The molecule has 3 aromatic rings. The van der Waals surface area contributed by atoms with Crippen molar-refractivity contribution in [1.82, 2.24) is 14.9 Å². The molecule has 0 bridgehead atoms. The van der Waals surface area contributed by atoms with Crippen LogP contribution in [0.2, 0.25) is 0 Å². The Bertz CT molecular complexity index is 920. The van der Waals surface area contributed by atoms with Crippen molar-refractivity contribution < 1.29 is 4.74 Å². The van der Waals surface area contributed by atoms with E-state index in [4.69, 9.17) is 10.5 Å². The van der Waals surface area contributed by atoms with Gasteiger partial charge in [-0.05, 0) is 55.1 Å². The van der Waals surface area contributed by atoms with Gasteiger partial charge in [-0.25, -0.2) is 4.98 Å². The minimum atomic E-state index is 0.355. The summed E-state index contributed by atoms with van der Waals surface area (Å²) in [6.07, 6.45) is 6.17. The Balaban J connectivity index is 1.30. The van der Waals surface area contributed by atoms with Crippen LogP contribution in [0.4, 0.5) is 11.5 Å². The topological polar surface area (TPSA) is 76.3 Å². The van der Waals surface area contributed by atoms with E-state index in [1.807, 2.05) is 24.4 Å². The van der Waals surface area contributed by atoms with Gasteiger partial charge in [0.1, 0.15) is 5.82 Å². The summed E-state index contributed by atoms with van der Waals surface area (Å²) in [6.45, 7) is 3.53. The number of pyridine rings is 2. The molecule has 0 atom stereocenters. The van der Waals surface area contributed by atoms with E-state index in [9.17, 15) is 0 Å². The highest BCUT2D eigenvalue weighted by molar-refractivity contribution is 5.91. The average molecular weight is 377 g/mol. The van der Waals surface area contributed by atoms with Crippen LogP contribution in [0.3, 0.4) is 0 Å². The normalized spacial score (nSPS) is 15.8. The van der Waals surface area contributed by atoms with E-state index in [1.54, 1.807) is 6.20 Å². The van der Waals surface area contributed by atoms with Crippen molar-refractivity contribution in [1.29, 1.82) is 0 Å². The Morgan fingerprint density at radius 2 is 2.00 bits per heavy atom. The van der Waals surface area contributed by atoms with Crippen LogP contribution in [0.15, 0.2) is 48.8 Å². The third-order valence-electron chi connectivity index (χ3n) is 5.31. The first-order valence-corrected chi connectivity index (χ1v) is 9.79. The molecule has 0 spiro atoms. The van der Waals surface area contributed by atoms with Crippen molar-refractivity contribution in [2.45, 2.75) is 32.1 Å². The number of piperidine rings is 1. The Kier molecular flexibility index (Phi) is 5.69. The van der Waals surface area contributed by atoms with Gasteiger partial charge in [0.05, 0.1) is 30.3 Å². The van der Waals surface area contributed by atoms with Gasteiger partial charge in [-0.15, -0.1) is 0 Å². The van der Waals surface area contributed by atoms with E-state index >= 15 is 0 Å². The van der Waals surface area contributed by atoms with Gasteiger partial charge < -0.3 is 20.7 Å². The van der Waals surface area contributed by atoms with Crippen molar-refractivity contribution in [3.05, 3.63) is 60.0 Å². The highest BCUT2D eigenvalue weighted by Crippen LogP contribution is 2.21. The lowest BCUT2D eigenvalue weighted by Crippen LogP contribution is -2.34. The fraction of sp³-hybridized carbons (Fsp3) is 0.364. The van der Waals surface area contributed by atoms with Gasteiger partial charge >= 0.3 is 0 Å². The van der Waals surface area contributed by atoms with Crippen LogP contribution in [0.25, 0.3) is 10.8 Å². The van der Waals surface area contributed by atoms with Gasteiger partial charge in [0.25, 0.3) is 0 Å². The molecule has 0 radical (unpaired) electrons. The Hall–Kier alpha value is -2.70. The molecule has 3 heterocycles. The van der Waals surface area contributed by atoms with Crippen LogP contribution in [-0.4, -0.2) is 41.1 Å². The summed E-state index contributed by atoms with van der Waals surface area (Å²) in [4.78, 5) is 11.0. The molecule has 4 rings (SSSR count). The summed E-state index contributed by atoms with van der Waals surface area (Å²) in [5, 5.41) is 5.51. The zero-order chi connectivity index (χ0) is 19.3. The molecular weight excluding hydrogens is 350 g/mol. The van der Waals surface area contributed by atoms with Crippen LogP contribution in [-0.2, 0) is 17.9 Å². The highest BCUT2D eigenvalue weighted by atomic mass is 16.5. The van der Waals surface area contributed by atoms with Crippen molar-refractivity contribution >= 4 is 22.3 Å². The number of benzene rings is 1. The number of hydrogen-bond donors (Lipinski definition) is 2. The zero-order valence-electron chi connectivity index (χ0n) is 16.3. The van der Waals surface area contributed by atoms with Crippen LogP contribution in [0, 0.1) is 0 Å². The molecule has 0 aliphatic carbocycles. The second-order valence-electron chi connectivity index (χ2n) is 7.46. The van der Waals surface area contributed by atoms with E-state index in [0.717, 1.165) is 54.6 Å². The first-order valence-electron chi connectivity index (χ1n) is 9.79. The largest absolute Gasteiger partial charge is 0.383 e. The van der Waals surface area contributed by atoms with Crippen LogP contribution in [0.5, 0.6) is 0 Å². The monoisotopic (exact) mass is 377 g/mol. The van der Waals surface area contributed by atoms with Gasteiger partial charge in [0.2, 0.25) is 0 Å². The maximum Gasteiger partial charge on any atom is 0.131 e. The van der Waals surface area contributed by atoms with Gasteiger partial charge in [-0.3, -0.25) is 4.98 Å². The molecule has 0 saturated carbocycles. The van der Waals surface area contributed by atoms with Crippen LogP contribution in [0.1, 0.15) is 24.1 Å². The number of aromatic nitrogens is 2. The molecule has 1 fully saturated rings. The molecule has 3 N–H and O–H groups in total. The smallest absolute Gasteiger partial charge is 0.131 e. The van der Waals surface area contributed by atoms with Crippen molar-refractivity contribution in [3.63, 3.8) is 0 Å². The predicted octanol–water partition coefficient (Wildman–Crippen LogP) is 3.43. The molecule has 28 heavy (non-hydrogen) atoms.